The highest BCUT2D eigenvalue weighted by molar-refractivity contribution is 6.15. The van der Waals surface area contributed by atoms with Crippen molar-refractivity contribution in [3.8, 4) is 27.9 Å². The molecule has 3 heterocycles. The van der Waals surface area contributed by atoms with Crippen LogP contribution in [0, 0.1) is 0 Å². The third kappa shape index (κ3) is 6.24. The smallest absolute Gasteiger partial charge is 0.169 e. The summed E-state index contributed by atoms with van der Waals surface area (Å²) in [5, 5.41) is 7.25. The number of amidine groups is 2. The summed E-state index contributed by atoms with van der Waals surface area (Å²) >= 11 is 0. The van der Waals surface area contributed by atoms with E-state index in [2.05, 4.69) is 204 Å². The van der Waals surface area contributed by atoms with Gasteiger partial charge in [-0.05, 0) is 88.6 Å². The first-order chi connectivity index (χ1) is 30.7. The summed E-state index contributed by atoms with van der Waals surface area (Å²) in [6, 6.07) is 60.6. The fourth-order valence-corrected chi connectivity index (χ4v) is 9.62. The summed E-state index contributed by atoms with van der Waals surface area (Å²) in [5.41, 5.74) is 14.5. The summed E-state index contributed by atoms with van der Waals surface area (Å²) in [4.78, 5) is 10.7. The zero-order chi connectivity index (χ0) is 41.0. The molecule has 62 heavy (non-hydrogen) atoms. The van der Waals surface area contributed by atoms with Crippen LogP contribution < -0.4 is 5.32 Å². The molecule has 0 saturated carbocycles. The molecule has 0 fully saturated rings. The SMILES string of the molecule is C1=CC(c2ccc3c4ccc(-c5ccccc5)cc4n(-c4cccc5c6c(oc45)C=CCC6C4=NC(c5cccc(-c6ccccc6)c5)N=C(c5ccccc5)N4)c3c2)=CCC1. The van der Waals surface area contributed by atoms with E-state index in [1.807, 2.05) is 6.07 Å². The van der Waals surface area contributed by atoms with Crippen molar-refractivity contribution in [1.82, 2.24) is 9.88 Å². The van der Waals surface area contributed by atoms with Crippen LogP contribution in [0.5, 0.6) is 0 Å². The largest absolute Gasteiger partial charge is 0.454 e. The van der Waals surface area contributed by atoms with Gasteiger partial charge in [-0.2, -0.15) is 0 Å². The number of para-hydroxylation sites is 1. The number of aromatic nitrogens is 1. The van der Waals surface area contributed by atoms with E-state index in [-0.39, 0.29) is 5.92 Å². The average Bonchev–Trinajstić information content (AvgIpc) is 3.90. The molecule has 0 bridgehead atoms. The predicted molar refractivity (Wildman–Crippen MR) is 257 cm³/mol. The van der Waals surface area contributed by atoms with E-state index in [0.717, 1.165) is 86.6 Å². The molecule has 3 aliphatic rings. The van der Waals surface area contributed by atoms with Gasteiger partial charge in [-0.15, -0.1) is 0 Å². The number of hydrogen-bond donors (Lipinski definition) is 1. The number of hydrogen-bond acceptors (Lipinski definition) is 4. The Bertz CT molecular complexity index is 3350. The molecule has 9 aromatic rings. The molecule has 296 valence electrons. The van der Waals surface area contributed by atoms with Gasteiger partial charge in [0.15, 0.2) is 11.7 Å². The van der Waals surface area contributed by atoms with Crippen molar-refractivity contribution in [1.29, 1.82) is 0 Å². The van der Waals surface area contributed by atoms with Crippen molar-refractivity contribution in [3.05, 3.63) is 222 Å². The molecule has 0 amide bonds. The van der Waals surface area contributed by atoms with Crippen LogP contribution in [0.2, 0.25) is 0 Å². The highest BCUT2D eigenvalue weighted by Crippen LogP contribution is 2.44. The molecule has 2 unspecified atom stereocenters. The zero-order valence-electron chi connectivity index (χ0n) is 34.1. The fourth-order valence-electron chi connectivity index (χ4n) is 9.62. The topological polar surface area (TPSA) is 54.8 Å². The van der Waals surface area contributed by atoms with Crippen molar-refractivity contribution in [2.75, 3.05) is 0 Å². The highest BCUT2D eigenvalue weighted by Gasteiger charge is 2.33. The Balaban J connectivity index is 1.03. The number of benzene rings is 7. The van der Waals surface area contributed by atoms with Gasteiger partial charge in [-0.25, -0.2) is 9.98 Å². The van der Waals surface area contributed by atoms with Crippen molar-refractivity contribution in [2.45, 2.75) is 31.3 Å². The summed E-state index contributed by atoms with van der Waals surface area (Å²) in [5.74, 6) is 2.48. The molecule has 2 aliphatic carbocycles. The van der Waals surface area contributed by atoms with E-state index in [9.17, 15) is 0 Å². The van der Waals surface area contributed by atoms with Crippen LogP contribution >= 0.6 is 0 Å². The van der Waals surface area contributed by atoms with Crippen LogP contribution in [0.25, 0.3) is 72.4 Å². The van der Waals surface area contributed by atoms with Gasteiger partial charge in [0.2, 0.25) is 0 Å². The van der Waals surface area contributed by atoms with Crippen LogP contribution in [-0.4, -0.2) is 16.2 Å². The van der Waals surface area contributed by atoms with Crippen molar-refractivity contribution < 1.29 is 4.42 Å². The molecule has 12 rings (SSSR count). The minimum absolute atomic E-state index is 0.0834. The molecule has 5 heteroatoms. The van der Waals surface area contributed by atoms with E-state index in [1.165, 1.54) is 38.6 Å². The maximum atomic E-state index is 7.07. The van der Waals surface area contributed by atoms with Crippen LogP contribution in [0.3, 0.4) is 0 Å². The average molecular weight is 799 g/mol. The van der Waals surface area contributed by atoms with E-state index in [4.69, 9.17) is 14.4 Å². The molecule has 1 aliphatic heterocycles. The number of nitrogens with zero attached hydrogens (tertiary/aromatic N) is 3. The van der Waals surface area contributed by atoms with Crippen molar-refractivity contribution >= 4 is 56.1 Å². The lowest BCUT2D eigenvalue weighted by Crippen LogP contribution is -2.39. The lowest BCUT2D eigenvalue weighted by atomic mass is 9.87. The monoisotopic (exact) mass is 798 g/mol. The third-order valence-corrected chi connectivity index (χ3v) is 12.6. The van der Waals surface area contributed by atoms with Crippen molar-refractivity contribution in [2.24, 2.45) is 9.98 Å². The second-order valence-electron chi connectivity index (χ2n) is 16.4. The number of fused-ring (bicyclic) bond motifs is 6. The second kappa shape index (κ2) is 15.1. The van der Waals surface area contributed by atoms with E-state index in [0.29, 0.717) is 0 Å². The van der Waals surface area contributed by atoms with Gasteiger partial charge in [0.25, 0.3) is 0 Å². The standard InChI is InChI=1S/C57H42N4O/c1-5-16-37(17-6-1)41-24-13-25-44(34-41)56-58-55(40-22-11-4-12-23-40)59-57(60-56)48-27-15-29-52-53(48)47-26-14-28-49(54(47)62-52)61-50-35-42(38-18-7-2-8-19-38)30-32-45(50)46-33-31-43(36-51(46)61)39-20-9-3-10-21-39/h1-2,4-9,11-26,28-36,48,56H,3,10,27H2,(H,58,59,60). The van der Waals surface area contributed by atoms with E-state index >= 15 is 0 Å². The molecule has 0 saturated heterocycles. The Morgan fingerprint density at radius 1 is 0.532 bits per heavy atom. The third-order valence-electron chi connectivity index (χ3n) is 12.6. The summed E-state index contributed by atoms with van der Waals surface area (Å²) in [7, 11) is 0. The van der Waals surface area contributed by atoms with Crippen molar-refractivity contribution in [3.63, 3.8) is 0 Å². The maximum absolute atomic E-state index is 7.07. The Hall–Kier alpha value is -7.76. The van der Waals surface area contributed by atoms with Gasteiger partial charge in [0, 0.05) is 33.2 Å². The summed E-state index contributed by atoms with van der Waals surface area (Å²) < 4.78 is 9.50. The van der Waals surface area contributed by atoms with Gasteiger partial charge in [-0.1, -0.05) is 170 Å². The van der Waals surface area contributed by atoms with Gasteiger partial charge in [-0.3, -0.25) is 0 Å². The predicted octanol–water partition coefficient (Wildman–Crippen LogP) is 14.2. The Morgan fingerprint density at radius 2 is 1.19 bits per heavy atom. The molecule has 1 N–H and O–H groups in total. The lowest BCUT2D eigenvalue weighted by Gasteiger charge is -2.28. The second-order valence-corrected chi connectivity index (χ2v) is 16.4. The van der Waals surface area contributed by atoms with E-state index < -0.39 is 6.17 Å². The number of nitrogens with one attached hydrogen (secondary N) is 1. The lowest BCUT2D eigenvalue weighted by molar-refractivity contribution is 0.590. The number of rotatable bonds is 7. The van der Waals surface area contributed by atoms with E-state index in [1.54, 1.807) is 0 Å². The minimum Gasteiger partial charge on any atom is -0.454 e. The first-order valence-corrected chi connectivity index (χ1v) is 21.6. The normalized spacial score (nSPS) is 17.1. The first kappa shape index (κ1) is 36.1. The highest BCUT2D eigenvalue weighted by atomic mass is 16.3. The van der Waals surface area contributed by atoms with Crippen LogP contribution in [0.1, 0.15) is 59.4 Å². The van der Waals surface area contributed by atoms with Gasteiger partial charge < -0.3 is 14.3 Å². The minimum atomic E-state index is -0.423. The number of aliphatic imine (C=N–C) groups is 2. The molecule has 0 spiro atoms. The van der Waals surface area contributed by atoms with Gasteiger partial charge in [0.1, 0.15) is 17.4 Å². The van der Waals surface area contributed by atoms with Crippen LogP contribution in [-0.2, 0) is 0 Å². The zero-order valence-corrected chi connectivity index (χ0v) is 34.1. The maximum Gasteiger partial charge on any atom is 0.169 e. The van der Waals surface area contributed by atoms with Crippen LogP contribution in [0.4, 0.5) is 0 Å². The molecule has 0 radical (unpaired) electrons. The van der Waals surface area contributed by atoms with Gasteiger partial charge in [0.05, 0.1) is 16.7 Å². The molecule has 2 atom stereocenters. The Morgan fingerprint density at radius 3 is 1.92 bits per heavy atom. The fraction of sp³-hybridized carbons (Fsp3) is 0.0877. The Labute approximate surface area is 360 Å². The number of allylic oxidation sites excluding steroid dienone is 5. The molecular weight excluding hydrogens is 757 g/mol. The summed E-state index contributed by atoms with van der Waals surface area (Å²) in [6.45, 7) is 0. The number of furan rings is 1. The quantitative estimate of drug-likeness (QED) is 0.175. The summed E-state index contributed by atoms with van der Waals surface area (Å²) in [6.07, 6.45) is 13.8. The molecule has 7 aromatic carbocycles. The molecular formula is C57H42N4O. The van der Waals surface area contributed by atoms with Crippen LogP contribution in [0.15, 0.2) is 209 Å². The molecule has 2 aromatic heterocycles. The Kier molecular flexibility index (Phi) is 8.77. The molecule has 5 nitrogen and oxygen atoms in total. The first-order valence-electron chi connectivity index (χ1n) is 21.6. The van der Waals surface area contributed by atoms with Gasteiger partial charge >= 0.3 is 0 Å².